The number of imidazole rings is 1. The van der Waals surface area contributed by atoms with Crippen LogP contribution in [-0.2, 0) is 6.61 Å². The van der Waals surface area contributed by atoms with Gasteiger partial charge in [-0.25, -0.2) is 4.98 Å². The average Bonchev–Trinajstić information content (AvgIpc) is 2.91. The number of pyridine rings is 1. The third-order valence-corrected chi connectivity index (χ3v) is 3.30. The number of nitroso groups, excluding NO2 is 1. The monoisotopic (exact) mass is 283 g/mol. The number of aromatic nitrogens is 2. The summed E-state index contributed by atoms with van der Waals surface area (Å²) in [4.78, 5) is 15.7. The largest absolute Gasteiger partial charge is 0.496 e. The molecule has 0 aliphatic heterocycles. The van der Waals surface area contributed by atoms with E-state index in [-0.39, 0.29) is 12.4 Å². The van der Waals surface area contributed by atoms with Crippen LogP contribution >= 0.6 is 0 Å². The maximum absolute atomic E-state index is 11.2. The van der Waals surface area contributed by atoms with Crippen LogP contribution in [0.5, 0.6) is 5.75 Å². The zero-order valence-electron chi connectivity index (χ0n) is 11.4. The van der Waals surface area contributed by atoms with E-state index in [1.54, 1.807) is 35.9 Å². The second kappa shape index (κ2) is 5.34. The first-order valence-electron chi connectivity index (χ1n) is 6.37. The van der Waals surface area contributed by atoms with Gasteiger partial charge in [0.1, 0.15) is 17.1 Å². The van der Waals surface area contributed by atoms with E-state index in [0.29, 0.717) is 22.7 Å². The Morgan fingerprint density at radius 2 is 2.14 bits per heavy atom. The lowest BCUT2D eigenvalue weighted by atomic mass is 10.1. The molecule has 0 unspecified atom stereocenters. The molecule has 1 aromatic carbocycles. The molecule has 0 fully saturated rings. The van der Waals surface area contributed by atoms with Crippen molar-refractivity contribution >= 4 is 11.5 Å². The van der Waals surface area contributed by atoms with E-state index in [1.165, 1.54) is 0 Å². The van der Waals surface area contributed by atoms with Crippen LogP contribution in [-0.4, -0.2) is 21.6 Å². The molecule has 0 saturated carbocycles. The SMILES string of the molecule is COc1ccccc1-c1nc2cc(CO)ccn2c1N=O. The first-order valence-corrected chi connectivity index (χ1v) is 6.37. The third kappa shape index (κ3) is 2.15. The average molecular weight is 283 g/mol. The van der Waals surface area contributed by atoms with Crippen LogP contribution in [0.3, 0.4) is 0 Å². The van der Waals surface area contributed by atoms with Gasteiger partial charge in [-0.2, -0.15) is 0 Å². The third-order valence-electron chi connectivity index (χ3n) is 3.30. The van der Waals surface area contributed by atoms with Crippen molar-refractivity contribution in [3.8, 4) is 17.0 Å². The molecule has 6 heteroatoms. The van der Waals surface area contributed by atoms with E-state index in [2.05, 4.69) is 10.2 Å². The highest BCUT2D eigenvalue weighted by Gasteiger charge is 2.18. The zero-order chi connectivity index (χ0) is 14.8. The van der Waals surface area contributed by atoms with Crippen LogP contribution in [0.2, 0.25) is 0 Å². The molecule has 0 saturated heterocycles. The van der Waals surface area contributed by atoms with Crippen molar-refractivity contribution in [2.75, 3.05) is 7.11 Å². The summed E-state index contributed by atoms with van der Waals surface area (Å²) in [6, 6.07) is 10.7. The van der Waals surface area contributed by atoms with Gasteiger partial charge >= 0.3 is 0 Å². The summed E-state index contributed by atoms with van der Waals surface area (Å²) >= 11 is 0. The topological polar surface area (TPSA) is 76.2 Å². The molecule has 3 rings (SSSR count). The number of ether oxygens (including phenoxy) is 1. The van der Waals surface area contributed by atoms with Gasteiger partial charge in [-0.05, 0) is 35.0 Å². The molecule has 0 atom stereocenters. The van der Waals surface area contributed by atoms with Crippen molar-refractivity contribution in [2.24, 2.45) is 5.18 Å². The zero-order valence-corrected chi connectivity index (χ0v) is 11.4. The van der Waals surface area contributed by atoms with Crippen molar-refractivity contribution in [3.05, 3.63) is 53.1 Å². The molecule has 106 valence electrons. The number of para-hydroxylation sites is 1. The second-order valence-corrected chi connectivity index (χ2v) is 4.50. The van der Waals surface area contributed by atoms with Gasteiger partial charge in [-0.1, -0.05) is 12.1 Å². The molecule has 0 radical (unpaired) electrons. The van der Waals surface area contributed by atoms with Crippen LogP contribution in [0.25, 0.3) is 16.9 Å². The molecule has 0 amide bonds. The quantitative estimate of drug-likeness (QED) is 0.747. The summed E-state index contributed by atoms with van der Waals surface area (Å²) in [5.41, 5.74) is 2.43. The Bertz CT molecular complexity index is 811. The molecule has 2 heterocycles. The Morgan fingerprint density at radius 3 is 2.86 bits per heavy atom. The summed E-state index contributed by atoms with van der Waals surface area (Å²) in [6.07, 6.45) is 1.67. The van der Waals surface area contributed by atoms with E-state index in [9.17, 15) is 10.0 Å². The Kier molecular flexibility index (Phi) is 3.37. The lowest BCUT2D eigenvalue weighted by Gasteiger charge is -2.05. The molecule has 0 spiro atoms. The first-order chi connectivity index (χ1) is 10.3. The second-order valence-electron chi connectivity index (χ2n) is 4.50. The normalized spacial score (nSPS) is 10.8. The highest BCUT2D eigenvalue weighted by Crippen LogP contribution is 2.36. The fourth-order valence-corrected chi connectivity index (χ4v) is 2.28. The molecule has 3 aromatic rings. The number of rotatable bonds is 4. The van der Waals surface area contributed by atoms with Gasteiger partial charge in [0.2, 0.25) is 5.82 Å². The van der Waals surface area contributed by atoms with E-state index in [4.69, 9.17) is 4.74 Å². The van der Waals surface area contributed by atoms with Gasteiger partial charge in [0.05, 0.1) is 13.7 Å². The first kappa shape index (κ1) is 13.3. The Balaban J connectivity index is 2.29. The number of nitrogens with zero attached hydrogens (tertiary/aromatic N) is 3. The van der Waals surface area contributed by atoms with Crippen LogP contribution < -0.4 is 4.74 Å². The maximum Gasteiger partial charge on any atom is 0.209 e. The smallest absolute Gasteiger partial charge is 0.209 e. The molecule has 1 N–H and O–H groups in total. The van der Waals surface area contributed by atoms with Crippen LogP contribution in [0.15, 0.2) is 47.8 Å². The minimum atomic E-state index is -0.0861. The maximum atomic E-state index is 11.2. The van der Waals surface area contributed by atoms with Crippen LogP contribution in [0, 0.1) is 4.91 Å². The number of fused-ring (bicyclic) bond motifs is 1. The predicted molar refractivity (Wildman–Crippen MR) is 78.6 cm³/mol. The summed E-state index contributed by atoms with van der Waals surface area (Å²) in [5, 5.41) is 12.3. The number of methoxy groups -OCH3 is 1. The lowest BCUT2D eigenvalue weighted by molar-refractivity contribution is 0.282. The van der Waals surface area contributed by atoms with Gasteiger partial charge in [0.25, 0.3) is 0 Å². The van der Waals surface area contributed by atoms with Crippen molar-refractivity contribution in [1.29, 1.82) is 0 Å². The molecular weight excluding hydrogens is 270 g/mol. The Hall–Kier alpha value is -2.73. The fraction of sp³-hybridized carbons (Fsp3) is 0.133. The number of benzene rings is 1. The Labute approximate surface area is 120 Å². The van der Waals surface area contributed by atoms with Crippen molar-refractivity contribution in [2.45, 2.75) is 6.61 Å². The van der Waals surface area contributed by atoms with Crippen LogP contribution in [0.4, 0.5) is 5.82 Å². The van der Waals surface area contributed by atoms with E-state index in [1.807, 2.05) is 18.2 Å². The molecule has 2 aromatic heterocycles. The molecule has 0 bridgehead atoms. The van der Waals surface area contributed by atoms with Crippen LogP contribution in [0.1, 0.15) is 5.56 Å². The lowest BCUT2D eigenvalue weighted by Crippen LogP contribution is -1.88. The highest BCUT2D eigenvalue weighted by molar-refractivity contribution is 5.78. The molecule has 21 heavy (non-hydrogen) atoms. The fourth-order valence-electron chi connectivity index (χ4n) is 2.28. The number of aliphatic hydroxyl groups excluding tert-OH is 1. The molecule has 0 aliphatic rings. The molecule has 0 aliphatic carbocycles. The predicted octanol–water partition coefficient (Wildman–Crippen LogP) is 2.90. The summed E-state index contributed by atoms with van der Waals surface area (Å²) in [6.45, 7) is -0.0861. The summed E-state index contributed by atoms with van der Waals surface area (Å²) in [7, 11) is 1.56. The standard InChI is InChI=1S/C15H13N3O3/c1-21-12-5-3-2-4-11(12)14-15(17-20)18-7-6-10(9-19)8-13(18)16-14/h2-8,19H,9H2,1H3. The summed E-state index contributed by atoms with van der Waals surface area (Å²) < 4.78 is 6.90. The minimum Gasteiger partial charge on any atom is -0.496 e. The Morgan fingerprint density at radius 1 is 1.33 bits per heavy atom. The van der Waals surface area contributed by atoms with Crippen molar-refractivity contribution < 1.29 is 9.84 Å². The highest BCUT2D eigenvalue weighted by atomic mass is 16.5. The number of aliphatic hydroxyl groups is 1. The number of hydrogen-bond acceptors (Lipinski definition) is 5. The van der Waals surface area contributed by atoms with E-state index >= 15 is 0 Å². The minimum absolute atomic E-state index is 0.0861. The van der Waals surface area contributed by atoms with Gasteiger partial charge in [0, 0.05) is 11.8 Å². The number of hydrogen-bond donors (Lipinski definition) is 1. The molecular formula is C15H13N3O3. The van der Waals surface area contributed by atoms with E-state index in [0.717, 1.165) is 5.56 Å². The van der Waals surface area contributed by atoms with Gasteiger partial charge in [-0.3, -0.25) is 4.40 Å². The molecule has 6 nitrogen and oxygen atoms in total. The van der Waals surface area contributed by atoms with Crippen molar-refractivity contribution in [3.63, 3.8) is 0 Å². The van der Waals surface area contributed by atoms with Gasteiger partial charge < -0.3 is 9.84 Å². The van der Waals surface area contributed by atoms with E-state index < -0.39 is 0 Å². The van der Waals surface area contributed by atoms with Gasteiger partial charge in [-0.15, -0.1) is 4.91 Å². The van der Waals surface area contributed by atoms with Gasteiger partial charge in [0.15, 0.2) is 0 Å². The summed E-state index contributed by atoms with van der Waals surface area (Å²) in [5.74, 6) is 0.826. The van der Waals surface area contributed by atoms with Crippen molar-refractivity contribution in [1.82, 2.24) is 9.38 Å².